The standard InChI is InChI=1S/C65H73N13O12/c1-40(2)57(72-52(79)17-6-5-7-32-76-53(80)26-27-54(76)81)59(83)70-50(16-10-28-68-64(66)88)58(82)69-42-20-18-41(19-21-42)38-90-65(89)71-49-24-22-47-55-43(49)12-8-14-45(55)60(84)77(62(47)86)36-34-73(3)30-11-31-74(4)35-37-78-61(85)46-15-9-13-44-51(75-33-29-67-39-75)25-23-48(56(44)46)63(78)87/h8-9,12-15,18-27,29,33,39-40,50,57H,5-7,10-11,16-17,28,30-32,34-38H2,1-4H3,(H,69,82)(H,70,83)(H,71,89)(H,72,79)(H3,66,68,88). The number of benzene rings is 5. The number of imide groups is 3. The second-order valence-electron chi connectivity index (χ2n) is 22.8. The number of hydrogen-bond acceptors (Lipinski definition) is 15. The third-order valence-electron chi connectivity index (χ3n) is 16.1. The van der Waals surface area contributed by atoms with E-state index >= 15 is 0 Å². The molecule has 470 valence electrons. The van der Waals surface area contributed by atoms with E-state index in [1.54, 1.807) is 93.1 Å². The summed E-state index contributed by atoms with van der Waals surface area (Å²) in [6, 6.07) is 20.9. The number of imidazole rings is 1. The van der Waals surface area contributed by atoms with Gasteiger partial charge < -0.3 is 46.1 Å². The van der Waals surface area contributed by atoms with E-state index in [9.17, 15) is 52.7 Å². The van der Waals surface area contributed by atoms with Crippen molar-refractivity contribution in [1.29, 1.82) is 0 Å². The lowest BCUT2D eigenvalue weighted by molar-refractivity contribution is -0.137. The molecule has 0 saturated heterocycles. The van der Waals surface area contributed by atoms with Gasteiger partial charge in [0.2, 0.25) is 17.7 Å². The van der Waals surface area contributed by atoms with Crippen LogP contribution >= 0.6 is 0 Å². The maximum absolute atomic E-state index is 14.0. The third-order valence-corrected chi connectivity index (χ3v) is 16.1. The molecule has 2 atom stereocenters. The summed E-state index contributed by atoms with van der Waals surface area (Å²) in [7, 11) is 3.85. The SMILES string of the molecule is CC(C)C(NC(=O)CCCCCN1C(=O)C=CC1=O)C(=O)NC(CCCNC(N)=O)C(=O)Nc1ccc(COC(=O)Nc2ccc3c4c(cccc24)C(=O)N(CCN(C)CCCN(C)CCN2C(=O)c4cccc5c(-n6ccnc6)ccc(c45)C2=O)C3=O)cc1. The van der Waals surface area contributed by atoms with Crippen LogP contribution in [-0.4, -0.2) is 178 Å². The Hall–Kier alpha value is -10.1. The molecule has 0 spiro atoms. The number of nitrogens with zero attached hydrogens (tertiary/aromatic N) is 7. The molecule has 0 fully saturated rings. The largest absolute Gasteiger partial charge is 0.444 e. The van der Waals surface area contributed by atoms with Gasteiger partial charge in [0, 0.05) is 120 Å². The number of anilines is 2. The number of urea groups is 1. The second kappa shape index (κ2) is 29.2. The van der Waals surface area contributed by atoms with Crippen LogP contribution in [0.25, 0.3) is 27.2 Å². The molecule has 9 rings (SSSR count). The van der Waals surface area contributed by atoms with Gasteiger partial charge in [-0.05, 0) is 119 Å². The zero-order chi connectivity index (χ0) is 64.2. The van der Waals surface area contributed by atoms with E-state index < -0.39 is 47.8 Å². The van der Waals surface area contributed by atoms with E-state index in [4.69, 9.17) is 10.5 Å². The molecule has 3 aliphatic rings. The van der Waals surface area contributed by atoms with Gasteiger partial charge in [0.05, 0.1) is 17.7 Å². The lowest BCUT2D eigenvalue weighted by Gasteiger charge is -2.30. The van der Waals surface area contributed by atoms with Crippen LogP contribution in [0.15, 0.2) is 116 Å². The van der Waals surface area contributed by atoms with Crippen LogP contribution in [0.5, 0.6) is 0 Å². The zero-order valence-corrected chi connectivity index (χ0v) is 50.6. The van der Waals surface area contributed by atoms with Crippen LogP contribution in [0.3, 0.4) is 0 Å². The number of carbonyl (C=O) groups is 11. The number of ether oxygens (including phenoxy) is 1. The molecule has 6 aromatic rings. The van der Waals surface area contributed by atoms with Gasteiger partial charge in [-0.2, -0.15) is 0 Å². The van der Waals surface area contributed by atoms with Crippen LogP contribution in [0, 0.1) is 5.92 Å². The molecule has 7 N–H and O–H groups in total. The molecule has 0 aliphatic carbocycles. The average molecular weight is 1230 g/mol. The lowest BCUT2D eigenvalue weighted by atomic mass is 9.93. The van der Waals surface area contributed by atoms with Crippen LogP contribution in [0.2, 0.25) is 0 Å². The predicted molar refractivity (Wildman–Crippen MR) is 334 cm³/mol. The highest BCUT2D eigenvalue weighted by Crippen LogP contribution is 2.36. The summed E-state index contributed by atoms with van der Waals surface area (Å²) in [4.78, 5) is 156. The minimum absolute atomic E-state index is 0.0964. The average Bonchev–Trinajstić information content (AvgIpc) is 0.847. The van der Waals surface area contributed by atoms with Gasteiger partial charge in [-0.3, -0.25) is 63.2 Å². The maximum Gasteiger partial charge on any atom is 0.411 e. The molecule has 1 aromatic heterocycles. The Morgan fingerprint density at radius 2 is 1.21 bits per heavy atom. The van der Waals surface area contributed by atoms with Gasteiger partial charge >= 0.3 is 12.1 Å². The number of nitrogens with one attached hydrogen (secondary N) is 5. The normalized spacial score (nSPS) is 14.3. The van der Waals surface area contributed by atoms with Gasteiger partial charge in [0.25, 0.3) is 35.4 Å². The smallest absolute Gasteiger partial charge is 0.411 e. The monoisotopic (exact) mass is 1230 g/mol. The number of rotatable bonds is 30. The molecule has 0 radical (unpaired) electrons. The Kier molecular flexibility index (Phi) is 20.9. The molecular formula is C65H73N13O12. The van der Waals surface area contributed by atoms with E-state index in [1.165, 1.54) is 22.0 Å². The first kappa shape index (κ1) is 64.3. The minimum atomic E-state index is -1.09. The number of amides is 12. The highest BCUT2D eigenvalue weighted by molar-refractivity contribution is 6.28. The molecular weight excluding hydrogens is 1150 g/mol. The van der Waals surface area contributed by atoms with E-state index in [0.717, 1.165) is 22.4 Å². The summed E-state index contributed by atoms with van der Waals surface area (Å²) < 4.78 is 7.41. The van der Waals surface area contributed by atoms with Crippen molar-refractivity contribution in [1.82, 2.24) is 50.0 Å². The molecule has 5 aromatic carbocycles. The van der Waals surface area contributed by atoms with Crippen molar-refractivity contribution >= 4 is 98.2 Å². The number of nitrogens with two attached hydrogens (primary N) is 1. The lowest BCUT2D eigenvalue weighted by Crippen LogP contribution is -2.54. The number of carbonyl (C=O) groups excluding carboxylic acids is 11. The van der Waals surface area contributed by atoms with Crippen LogP contribution in [0.4, 0.5) is 21.0 Å². The second-order valence-corrected chi connectivity index (χ2v) is 22.8. The minimum Gasteiger partial charge on any atom is -0.444 e. The number of primary amides is 1. The zero-order valence-electron chi connectivity index (χ0n) is 50.6. The predicted octanol–water partition coefficient (Wildman–Crippen LogP) is 5.57. The number of unbranched alkanes of at least 4 members (excludes halogenated alkanes) is 2. The maximum atomic E-state index is 14.0. The Morgan fingerprint density at radius 3 is 1.81 bits per heavy atom. The van der Waals surface area contributed by atoms with Crippen molar-refractivity contribution in [3.05, 3.63) is 144 Å². The Balaban J connectivity index is 0.715. The molecule has 25 heteroatoms. The summed E-state index contributed by atoms with van der Waals surface area (Å²) in [5, 5.41) is 15.8. The van der Waals surface area contributed by atoms with Crippen molar-refractivity contribution < 1.29 is 57.5 Å². The summed E-state index contributed by atoms with van der Waals surface area (Å²) in [6.45, 7) is 6.23. The third kappa shape index (κ3) is 15.2. The van der Waals surface area contributed by atoms with Crippen molar-refractivity contribution in [3.63, 3.8) is 0 Å². The number of aromatic nitrogens is 2. The van der Waals surface area contributed by atoms with Gasteiger partial charge in [-0.25, -0.2) is 14.6 Å². The molecule has 0 saturated carbocycles. The Labute approximate surface area is 519 Å². The van der Waals surface area contributed by atoms with Gasteiger partial charge in [0.15, 0.2) is 0 Å². The summed E-state index contributed by atoms with van der Waals surface area (Å²) >= 11 is 0. The summed E-state index contributed by atoms with van der Waals surface area (Å²) in [5.74, 6) is -4.23. The van der Waals surface area contributed by atoms with Crippen molar-refractivity contribution in [2.75, 3.05) is 77.1 Å². The van der Waals surface area contributed by atoms with Gasteiger partial charge in [-0.15, -0.1) is 0 Å². The molecule has 12 amide bonds. The quantitative estimate of drug-likeness (QED) is 0.0237. The molecule has 4 heterocycles. The summed E-state index contributed by atoms with van der Waals surface area (Å²) in [6.07, 6.45) is 9.53. The van der Waals surface area contributed by atoms with Gasteiger partial charge in [0.1, 0.15) is 18.7 Å². The van der Waals surface area contributed by atoms with E-state index in [-0.39, 0.29) is 87.5 Å². The molecule has 25 nitrogen and oxygen atoms in total. The first-order valence-electron chi connectivity index (χ1n) is 30.0. The number of hydrogen-bond donors (Lipinski definition) is 6. The van der Waals surface area contributed by atoms with E-state index in [0.29, 0.717) is 101 Å². The van der Waals surface area contributed by atoms with E-state index in [1.807, 2.05) is 48.0 Å². The highest BCUT2D eigenvalue weighted by Gasteiger charge is 2.36. The van der Waals surface area contributed by atoms with Crippen molar-refractivity contribution in [2.24, 2.45) is 11.7 Å². The fraction of sp³-hybridized carbons (Fsp3) is 0.354. The van der Waals surface area contributed by atoms with Crippen LogP contribution < -0.4 is 32.3 Å². The molecule has 90 heavy (non-hydrogen) atoms. The van der Waals surface area contributed by atoms with Crippen LogP contribution in [-0.2, 0) is 35.3 Å². The fourth-order valence-electron chi connectivity index (χ4n) is 11.2. The van der Waals surface area contributed by atoms with Crippen LogP contribution in [0.1, 0.15) is 106 Å². The number of likely N-dealkylation sites (N-methyl/N-ethyl adjacent to an activating group) is 2. The molecule has 3 aliphatic heterocycles. The summed E-state index contributed by atoms with van der Waals surface area (Å²) in [5.41, 5.74) is 8.88. The Morgan fingerprint density at radius 1 is 0.611 bits per heavy atom. The first-order chi connectivity index (χ1) is 43.3. The van der Waals surface area contributed by atoms with E-state index in [2.05, 4.69) is 36.5 Å². The molecule has 2 unspecified atom stereocenters. The highest BCUT2D eigenvalue weighted by atomic mass is 16.5. The molecule has 0 bridgehead atoms. The first-order valence-corrected chi connectivity index (χ1v) is 30.0. The topological polar surface area (TPSA) is 317 Å². The fourth-order valence-corrected chi connectivity index (χ4v) is 11.2. The van der Waals surface area contributed by atoms with Gasteiger partial charge in [-0.1, -0.05) is 56.7 Å². The van der Waals surface area contributed by atoms with Crippen molar-refractivity contribution in [3.8, 4) is 5.69 Å². The Bertz CT molecular complexity index is 3730. The van der Waals surface area contributed by atoms with Crippen molar-refractivity contribution in [2.45, 2.75) is 77.5 Å².